The van der Waals surface area contributed by atoms with Crippen LogP contribution in [-0.2, 0) is 20.6 Å². The first-order valence-corrected chi connectivity index (χ1v) is 9.10. The van der Waals surface area contributed by atoms with Gasteiger partial charge in [-0.3, -0.25) is 14.2 Å². The summed E-state index contributed by atoms with van der Waals surface area (Å²) in [4.78, 5) is 31.4. The van der Waals surface area contributed by atoms with Gasteiger partial charge >= 0.3 is 11.9 Å². The molecule has 7 heteroatoms. The Balaban J connectivity index is 2.50. The van der Waals surface area contributed by atoms with Gasteiger partial charge in [-0.2, -0.15) is 0 Å². The third-order valence-electron chi connectivity index (χ3n) is 3.29. The lowest BCUT2D eigenvalue weighted by atomic mass is 10.0. The van der Waals surface area contributed by atoms with E-state index < -0.39 is 38.1 Å². The van der Waals surface area contributed by atoms with Crippen LogP contribution < -0.4 is 0 Å². The molecule has 0 saturated heterocycles. The maximum absolute atomic E-state index is 12.1. The van der Waals surface area contributed by atoms with Gasteiger partial charge in [0.2, 0.25) is 7.37 Å². The van der Waals surface area contributed by atoms with E-state index >= 15 is 0 Å². The average Bonchev–Trinajstić information content (AvgIpc) is 2.37. The van der Waals surface area contributed by atoms with Crippen molar-refractivity contribution in [3.05, 3.63) is 35.9 Å². The normalized spacial score (nSPS) is 13.7. The molecule has 22 heavy (non-hydrogen) atoms. The molecule has 0 spiro atoms. The topological polar surface area (TPSA) is 112 Å². The molecule has 0 aliphatic carbocycles. The van der Waals surface area contributed by atoms with Gasteiger partial charge in [0.1, 0.15) is 0 Å². The van der Waals surface area contributed by atoms with Gasteiger partial charge in [0.25, 0.3) is 0 Å². The Morgan fingerprint density at radius 3 is 2.09 bits per heavy atom. The number of aliphatic carboxylic acids is 2. The van der Waals surface area contributed by atoms with Crippen molar-refractivity contribution in [2.75, 3.05) is 12.3 Å². The molecule has 0 heterocycles. The fourth-order valence-corrected chi connectivity index (χ4v) is 4.26. The number of carbonyl (C=O) groups is 2. The number of hydrogen-bond acceptors (Lipinski definition) is 3. The minimum absolute atomic E-state index is 0.0671. The largest absolute Gasteiger partial charge is 0.481 e. The number of carboxylic acids is 2. The first kappa shape index (κ1) is 18.4. The van der Waals surface area contributed by atoms with Gasteiger partial charge in [-0.25, -0.2) is 0 Å². The Morgan fingerprint density at radius 1 is 1.05 bits per heavy atom. The summed E-state index contributed by atoms with van der Waals surface area (Å²) in [6.07, 6.45) is 0.154. The molecule has 0 radical (unpaired) electrons. The van der Waals surface area contributed by atoms with Crippen molar-refractivity contribution in [2.45, 2.75) is 25.7 Å². The van der Waals surface area contributed by atoms with Crippen LogP contribution in [0, 0.1) is 5.92 Å². The minimum atomic E-state index is -3.52. The molecule has 0 fully saturated rings. The zero-order valence-electron chi connectivity index (χ0n) is 12.2. The summed E-state index contributed by atoms with van der Waals surface area (Å²) in [5.74, 6) is -3.13. The fourth-order valence-electron chi connectivity index (χ4n) is 2.36. The van der Waals surface area contributed by atoms with Crippen LogP contribution in [0.4, 0.5) is 0 Å². The summed E-state index contributed by atoms with van der Waals surface area (Å²) in [5, 5.41) is 17.5. The fraction of sp³-hybridized carbons (Fsp3) is 0.467. The lowest BCUT2D eigenvalue weighted by Gasteiger charge is -2.17. The van der Waals surface area contributed by atoms with Crippen LogP contribution in [0.2, 0.25) is 0 Å². The van der Waals surface area contributed by atoms with E-state index in [-0.39, 0.29) is 12.3 Å². The smallest absolute Gasteiger partial charge is 0.303 e. The summed E-state index contributed by atoms with van der Waals surface area (Å²) in [6.45, 7) is 0. The lowest BCUT2D eigenvalue weighted by molar-refractivity contribution is -0.140. The number of aryl methyl sites for hydroxylation is 1. The van der Waals surface area contributed by atoms with Gasteiger partial charge in [-0.1, -0.05) is 30.3 Å². The number of carboxylic acid groups (broad SMARTS) is 2. The van der Waals surface area contributed by atoms with Gasteiger partial charge in [0.05, 0.1) is 0 Å². The quantitative estimate of drug-likeness (QED) is 0.569. The third kappa shape index (κ3) is 7.96. The van der Waals surface area contributed by atoms with E-state index in [1.165, 1.54) is 0 Å². The molecule has 0 aliphatic rings. The zero-order valence-corrected chi connectivity index (χ0v) is 13.1. The molecule has 0 aliphatic heterocycles. The van der Waals surface area contributed by atoms with Crippen LogP contribution in [0.1, 0.15) is 24.8 Å². The van der Waals surface area contributed by atoms with E-state index in [2.05, 4.69) is 0 Å². The molecule has 0 saturated carbocycles. The molecule has 1 unspecified atom stereocenters. The maximum atomic E-state index is 12.1. The van der Waals surface area contributed by atoms with Crippen molar-refractivity contribution in [3.63, 3.8) is 0 Å². The minimum Gasteiger partial charge on any atom is -0.481 e. The van der Waals surface area contributed by atoms with Gasteiger partial charge in [0.15, 0.2) is 0 Å². The Bertz CT molecular complexity index is 526. The molecular weight excluding hydrogens is 307 g/mol. The number of rotatable bonds is 10. The Labute approximate surface area is 129 Å². The highest BCUT2D eigenvalue weighted by Gasteiger charge is 2.27. The van der Waals surface area contributed by atoms with Crippen molar-refractivity contribution < 1.29 is 29.3 Å². The SMILES string of the molecule is O=C(O)CC(CC(=O)O)CP(=O)(O)CCCc1ccccc1. The number of hydrogen-bond donors (Lipinski definition) is 3. The summed E-state index contributed by atoms with van der Waals surface area (Å²) in [5.41, 5.74) is 1.06. The standard InChI is InChI=1S/C15H21O6P/c16-14(17)9-13(10-15(18)19)11-22(20,21)8-4-7-12-5-2-1-3-6-12/h1-3,5-6,13H,4,7-11H2,(H,16,17)(H,18,19)(H,20,21). The van der Waals surface area contributed by atoms with Crippen LogP contribution in [0.3, 0.4) is 0 Å². The van der Waals surface area contributed by atoms with E-state index in [9.17, 15) is 19.0 Å². The van der Waals surface area contributed by atoms with E-state index in [0.717, 1.165) is 5.56 Å². The van der Waals surface area contributed by atoms with Gasteiger partial charge in [-0.05, 0) is 24.3 Å². The molecule has 1 aromatic carbocycles. The highest BCUT2D eigenvalue weighted by atomic mass is 31.2. The molecule has 6 nitrogen and oxygen atoms in total. The second kappa shape index (κ2) is 8.71. The van der Waals surface area contributed by atoms with E-state index in [0.29, 0.717) is 12.8 Å². The third-order valence-corrected chi connectivity index (χ3v) is 5.39. The molecule has 1 rings (SSSR count). The molecule has 0 aromatic heterocycles. The zero-order chi connectivity index (χ0) is 16.6. The van der Waals surface area contributed by atoms with Crippen molar-refractivity contribution >= 4 is 19.3 Å². The van der Waals surface area contributed by atoms with Crippen LogP contribution in [0.25, 0.3) is 0 Å². The van der Waals surface area contributed by atoms with Gasteiger partial charge in [-0.15, -0.1) is 0 Å². The molecule has 1 atom stereocenters. The molecule has 0 amide bonds. The molecule has 0 bridgehead atoms. The Morgan fingerprint density at radius 2 is 1.59 bits per heavy atom. The first-order valence-electron chi connectivity index (χ1n) is 7.07. The highest BCUT2D eigenvalue weighted by Crippen LogP contribution is 2.44. The summed E-state index contributed by atoms with van der Waals surface area (Å²) in [6, 6.07) is 9.54. The van der Waals surface area contributed by atoms with Crippen LogP contribution in [0.15, 0.2) is 30.3 Å². The Kier molecular flexibility index (Phi) is 7.28. The summed E-state index contributed by atoms with van der Waals surface area (Å²) < 4.78 is 12.1. The molecule has 3 N–H and O–H groups in total. The monoisotopic (exact) mass is 328 g/mol. The maximum Gasteiger partial charge on any atom is 0.303 e. The number of benzene rings is 1. The summed E-state index contributed by atoms with van der Waals surface area (Å²) in [7, 11) is -3.52. The van der Waals surface area contributed by atoms with Crippen molar-refractivity contribution in [1.82, 2.24) is 0 Å². The molecule has 122 valence electrons. The van der Waals surface area contributed by atoms with Crippen LogP contribution >= 0.6 is 7.37 Å². The van der Waals surface area contributed by atoms with Crippen LogP contribution in [0.5, 0.6) is 0 Å². The van der Waals surface area contributed by atoms with Crippen molar-refractivity contribution in [2.24, 2.45) is 5.92 Å². The predicted molar refractivity (Wildman–Crippen MR) is 82.3 cm³/mol. The molecular formula is C15H21O6P. The van der Waals surface area contributed by atoms with Crippen molar-refractivity contribution in [3.8, 4) is 0 Å². The second-order valence-electron chi connectivity index (χ2n) is 5.40. The van der Waals surface area contributed by atoms with E-state index in [4.69, 9.17) is 10.2 Å². The van der Waals surface area contributed by atoms with Crippen LogP contribution in [-0.4, -0.2) is 39.4 Å². The summed E-state index contributed by atoms with van der Waals surface area (Å²) >= 11 is 0. The average molecular weight is 328 g/mol. The van der Waals surface area contributed by atoms with Gasteiger partial charge in [0, 0.05) is 25.2 Å². The molecule has 1 aromatic rings. The lowest BCUT2D eigenvalue weighted by Crippen LogP contribution is -2.17. The Hall–Kier alpha value is -1.65. The highest BCUT2D eigenvalue weighted by molar-refractivity contribution is 7.58. The van der Waals surface area contributed by atoms with E-state index in [1.54, 1.807) is 0 Å². The van der Waals surface area contributed by atoms with Crippen molar-refractivity contribution in [1.29, 1.82) is 0 Å². The van der Waals surface area contributed by atoms with E-state index in [1.807, 2.05) is 30.3 Å². The van der Waals surface area contributed by atoms with Gasteiger partial charge < -0.3 is 15.1 Å². The second-order valence-corrected chi connectivity index (χ2v) is 7.91. The first-order chi connectivity index (χ1) is 10.3. The predicted octanol–water partition coefficient (Wildman–Crippen LogP) is 2.46.